The summed E-state index contributed by atoms with van der Waals surface area (Å²) in [6.45, 7) is 5.49. The number of imidazole rings is 1. The Hall–Kier alpha value is -2.57. The maximum absolute atomic E-state index is 12.6. The van der Waals surface area contributed by atoms with Crippen LogP contribution in [0.1, 0.15) is 20.8 Å². The minimum absolute atomic E-state index is 0.00595. The van der Waals surface area contributed by atoms with Gasteiger partial charge >= 0.3 is 5.97 Å². The van der Waals surface area contributed by atoms with Crippen LogP contribution in [0.3, 0.4) is 0 Å². The van der Waals surface area contributed by atoms with Crippen molar-refractivity contribution in [2.75, 3.05) is 0 Å². The van der Waals surface area contributed by atoms with Gasteiger partial charge in [-0.25, -0.2) is 9.97 Å². The van der Waals surface area contributed by atoms with Crippen molar-refractivity contribution in [1.29, 1.82) is 0 Å². The van der Waals surface area contributed by atoms with Gasteiger partial charge in [-0.05, 0) is 45.0 Å². The van der Waals surface area contributed by atoms with Crippen LogP contribution in [0.15, 0.2) is 36.7 Å². The van der Waals surface area contributed by atoms with Gasteiger partial charge in [0.15, 0.2) is 0 Å². The minimum Gasteiger partial charge on any atom is -0.459 e. The Morgan fingerprint density at radius 2 is 2.00 bits per heavy atom. The molecule has 6 nitrogen and oxygen atoms in total. The van der Waals surface area contributed by atoms with Crippen LogP contribution in [0, 0.1) is 0 Å². The van der Waals surface area contributed by atoms with E-state index in [4.69, 9.17) is 32.9 Å². The summed E-state index contributed by atoms with van der Waals surface area (Å²) in [7, 11) is 0. The van der Waals surface area contributed by atoms with Gasteiger partial charge in [-0.3, -0.25) is 4.79 Å². The van der Waals surface area contributed by atoms with Crippen LogP contribution >= 0.6 is 23.2 Å². The Bertz CT molecular complexity index is 1200. The van der Waals surface area contributed by atoms with Gasteiger partial charge in [0.2, 0.25) is 0 Å². The number of halogens is 2. The van der Waals surface area contributed by atoms with Crippen molar-refractivity contribution in [3.05, 3.63) is 46.7 Å². The lowest BCUT2D eigenvalue weighted by atomic mass is 10.2. The molecule has 0 radical (unpaired) electrons. The first kappa shape index (κ1) is 18.8. The summed E-state index contributed by atoms with van der Waals surface area (Å²) in [5.74, 6) is 0.246. The Morgan fingerprint density at radius 1 is 1.25 bits per heavy atom. The molecule has 0 bridgehead atoms. The van der Waals surface area contributed by atoms with Crippen LogP contribution in [0.4, 0.5) is 0 Å². The Balaban J connectivity index is 1.91. The van der Waals surface area contributed by atoms with Crippen molar-refractivity contribution in [3.63, 3.8) is 0 Å². The molecule has 28 heavy (non-hydrogen) atoms. The van der Waals surface area contributed by atoms with E-state index < -0.39 is 5.60 Å². The fraction of sp³-hybridized carbons (Fsp3) is 0.250. The van der Waals surface area contributed by atoms with E-state index in [1.807, 2.05) is 39.1 Å². The zero-order chi connectivity index (χ0) is 20.1. The molecule has 0 unspecified atom stereocenters. The number of nitrogens with zero attached hydrogens (tertiary/aromatic N) is 3. The minimum atomic E-state index is -0.584. The molecule has 3 aromatic heterocycles. The average molecular weight is 417 g/mol. The first-order valence-corrected chi connectivity index (χ1v) is 9.48. The van der Waals surface area contributed by atoms with Crippen molar-refractivity contribution in [2.24, 2.45) is 0 Å². The molecule has 0 spiro atoms. The van der Waals surface area contributed by atoms with E-state index in [1.54, 1.807) is 22.9 Å². The number of aromatic nitrogens is 4. The van der Waals surface area contributed by atoms with E-state index in [0.29, 0.717) is 26.9 Å². The van der Waals surface area contributed by atoms with Gasteiger partial charge in [0, 0.05) is 23.3 Å². The molecule has 0 saturated heterocycles. The van der Waals surface area contributed by atoms with Crippen molar-refractivity contribution in [2.45, 2.75) is 32.9 Å². The topological polar surface area (TPSA) is 72.8 Å². The Morgan fingerprint density at radius 3 is 2.75 bits per heavy atom. The average Bonchev–Trinajstić information content (AvgIpc) is 3.16. The highest BCUT2D eigenvalue weighted by Crippen LogP contribution is 2.34. The van der Waals surface area contributed by atoms with E-state index in [1.165, 1.54) is 0 Å². The summed E-state index contributed by atoms with van der Waals surface area (Å²) >= 11 is 12.4. The van der Waals surface area contributed by atoms with Gasteiger partial charge in [-0.15, -0.1) is 0 Å². The molecule has 4 rings (SSSR count). The molecular weight excluding hydrogens is 399 g/mol. The maximum atomic E-state index is 12.6. The van der Waals surface area contributed by atoms with Gasteiger partial charge in [0.05, 0.1) is 21.1 Å². The Kier molecular flexibility index (Phi) is 4.56. The number of fused-ring (bicyclic) bond motifs is 2. The fourth-order valence-corrected chi connectivity index (χ4v) is 3.45. The normalized spacial score (nSPS) is 12.0. The highest BCUT2D eigenvalue weighted by molar-refractivity contribution is 6.42. The summed E-state index contributed by atoms with van der Waals surface area (Å²) in [4.78, 5) is 24.7. The highest BCUT2D eigenvalue weighted by atomic mass is 35.5. The lowest BCUT2D eigenvalue weighted by molar-refractivity contribution is -0.155. The van der Waals surface area contributed by atoms with E-state index in [0.717, 1.165) is 16.6 Å². The summed E-state index contributed by atoms with van der Waals surface area (Å²) < 4.78 is 7.30. The van der Waals surface area contributed by atoms with Crippen LogP contribution in [-0.4, -0.2) is 31.1 Å². The quantitative estimate of drug-likeness (QED) is 0.464. The molecule has 8 heteroatoms. The number of hydrogen-bond acceptors (Lipinski definition) is 4. The number of hydrogen-bond donors (Lipinski definition) is 1. The number of rotatable bonds is 3. The number of H-pyrrole nitrogens is 1. The van der Waals surface area contributed by atoms with E-state index in [2.05, 4.69) is 9.97 Å². The Labute approximate surface area is 171 Å². The first-order chi connectivity index (χ1) is 13.2. The second-order valence-corrected chi connectivity index (χ2v) is 8.28. The maximum Gasteiger partial charge on any atom is 0.326 e. The number of benzene rings is 1. The van der Waals surface area contributed by atoms with Crippen LogP contribution in [0.5, 0.6) is 0 Å². The van der Waals surface area contributed by atoms with E-state index >= 15 is 0 Å². The van der Waals surface area contributed by atoms with Crippen LogP contribution < -0.4 is 0 Å². The molecule has 0 atom stereocenters. The lowest BCUT2D eigenvalue weighted by Gasteiger charge is -2.20. The SMILES string of the molecule is CC(C)(C)OC(=O)Cn1c(-c2c[nH]c3ncccc23)nc2cc(Cl)c(Cl)cc21. The molecule has 0 aliphatic heterocycles. The van der Waals surface area contributed by atoms with Crippen LogP contribution in [0.25, 0.3) is 33.5 Å². The van der Waals surface area contributed by atoms with Crippen LogP contribution in [0.2, 0.25) is 10.0 Å². The van der Waals surface area contributed by atoms with Gasteiger partial charge in [-0.1, -0.05) is 23.2 Å². The number of carbonyl (C=O) groups is 1. The molecule has 4 aromatic rings. The van der Waals surface area contributed by atoms with Crippen LogP contribution in [-0.2, 0) is 16.1 Å². The second-order valence-electron chi connectivity index (χ2n) is 7.46. The summed E-state index contributed by atoms with van der Waals surface area (Å²) in [5.41, 5.74) is 2.33. The monoisotopic (exact) mass is 416 g/mol. The van der Waals surface area contributed by atoms with E-state index in [9.17, 15) is 4.79 Å². The van der Waals surface area contributed by atoms with Crippen molar-refractivity contribution < 1.29 is 9.53 Å². The third-order valence-electron chi connectivity index (χ3n) is 4.19. The molecule has 0 aliphatic carbocycles. The third kappa shape index (κ3) is 3.45. The number of carbonyl (C=O) groups excluding carboxylic acids is 1. The predicted molar refractivity (Wildman–Crippen MR) is 111 cm³/mol. The van der Waals surface area contributed by atoms with Gasteiger partial charge in [0.1, 0.15) is 23.6 Å². The number of pyridine rings is 1. The molecular formula is C20H18Cl2N4O2. The third-order valence-corrected chi connectivity index (χ3v) is 4.91. The van der Waals surface area contributed by atoms with Crippen molar-refractivity contribution >= 4 is 51.2 Å². The molecule has 3 heterocycles. The fourth-order valence-electron chi connectivity index (χ4n) is 3.13. The predicted octanol–water partition coefficient (Wildman–Crippen LogP) is 5.23. The number of nitrogens with one attached hydrogen (secondary N) is 1. The standard InChI is InChI=1S/C20H18Cl2N4O2/c1-20(2,3)28-17(27)10-26-16-8-14(22)13(21)7-15(16)25-19(26)12-9-24-18-11(12)5-4-6-23-18/h4-9H,10H2,1-3H3,(H,23,24). The number of ether oxygens (including phenoxy) is 1. The van der Waals surface area contributed by atoms with Gasteiger partial charge < -0.3 is 14.3 Å². The molecule has 1 aromatic carbocycles. The highest BCUT2D eigenvalue weighted by Gasteiger charge is 2.22. The zero-order valence-corrected chi connectivity index (χ0v) is 17.1. The summed E-state index contributed by atoms with van der Waals surface area (Å²) in [5, 5.41) is 1.70. The largest absolute Gasteiger partial charge is 0.459 e. The van der Waals surface area contributed by atoms with Gasteiger partial charge in [-0.2, -0.15) is 0 Å². The van der Waals surface area contributed by atoms with E-state index in [-0.39, 0.29) is 12.5 Å². The van der Waals surface area contributed by atoms with Crippen molar-refractivity contribution in [3.8, 4) is 11.4 Å². The molecule has 1 N–H and O–H groups in total. The first-order valence-electron chi connectivity index (χ1n) is 8.72. The van der Waals surface area contributed by atoms with Gasteiger partial charge in [0.25, 0.3) is 0 Å². The summed E-state index contributed by atoms with van der Waals surface area (Å²) in [6.07, 6.45) is 3.54. The second kappa shape index (κ2) is 6.79. The number of aromatic amines is 1. The summed E-state index contributed by atoms with van der Waals surface area (Å²) in [6, 6.07) is 7.22. The molecule has 0 fully saturated rings. The molecule has 0 saturated carbocycles. The van der Waals surface area contributed by atoms with Crippen molar-refractivity contribution in [1.82, 2.24) is 19.5 Å². The molecule has 0 aliphatic rings. The number of esters is 1. The smallest absolute Gasteiger partial charge is 0.326 e. The zero-order valence-electron chi connectivity index (χ0n) is 15.6. The molecule has 144 valence electrons. The molecule has 0 amide bonds. The lowest BCUT2D eigenvalue weighted by Crippen LogP contribution is -2.26.